The van der Waals surface area contributed by atoms with E-state index in [-0.39, 0.29) is 18.7 Å². The molecule has 0 spiro atoms. The summed E-state index contributed by atoms with van der Waals surface area (Å²) in [5, 5.41) is 2.51. The number of rotatable bonds is 6. The average molecular weight is 447 g/mol. The number of benzene rings is 1. The van der Waals surface area contributed by atoms with Crippen LogP contribution in [0.25, 0.3) is 0 Å². The summed E-state index contributed by atoms with van der Waals surface area (Å²) >= 11 is 2.15. The molecule has 0 aliphatic heterocycles. The number of alkyl carbamates (subject to hydrolysis) is 1. The Morgan fingerprint density at radius 1 is 1.17 bits per heavy atom. The van der Waals surface area contributed by atoms with Gasteiger partial charge in [0.05, 0.1) is 13.0 Å². The molecule has 1 aromatic rings. The molecule has 0 fully saturated rings. The maximum absolute atomic E-state index is 12.3. The summed E-state index contributed by atoms with van der Waals surface area (Å²) in [6.07, 6.45) is -0.693. The van der Waals surface area contributed by atoms with Gasteiger partial charge in [-0.3, -0.25) is 9.59 Å². The van der Waals surface area contributed by atoms with Crippen LogP contribution in [0.1, 0.15) is 37.6 Å². The van der Waals surface area contributed by atoms with Gasteiger partial charge in [-0.2, -0.15) is 0 Å². The molecule has 0 heterocycles. The molecule has 0 aliphatic carbocycles. The molecule has 1 unspecified atom stereocenters. The van der Waals surface area contributed by atoms with Crippen LogP contribution in [0.4, 0.5) is 4.79 Å². The number of carbonyl (C=O) groups excluding carboxylic acids is 3. The first-order valence-electron chi connectivity index (χ1n) is 7.46. The molecule has 0 aromatic heterocycles. The molecule has 1 rings (SSSR count). The van der Waals surface area contributed by atoms with Crippen molar-refractivity contribution in [3.8, 4) is 0 Å². The van der Waals surface area contributed by atoms with Gasteiger partial charge in [0.2, 0.25) is 0 Å². The number of hydrogen-bond acceptors (Lipinski definition) is 5. The summed E-state index contributed by atoms with van der Waals surface area (Å²) in [5.74, 6) is -1.51. The van der Waals surface area contributed by atoms with Crippen molar-refractivity contribution in [2.75, 3.05) is 13.7 Å². The first-order valence-corrected chi connectivity index (χ1v) is 8.53. The van der Waals surface area contributed by atoms with Gasteiger partial charge >= 0.3 is 12.1 Å². The van der Waals surface area contributed by atoms with E-state index >= 15 is 0 Å². The van der Waals surface area contributed by atoms with Crippen LogP contribution in [0.2, 0.25) is 0 Å². The fourth-order valence-electron chi connectivity index (χ4n) is 1.90. The zero-order valence-corrected chi connectivity index (χ0v) is 16.4. The summed E-state index contributed by atoms with van der Waals surface area (Å²) in [4.78, 5) is 35.9. The number of ether oxygens (including phenoxy) is 2. The first kappa shape index (κ1) is 20.4. The van der Waals surface area contributed by atoms with Gasteiger partial charge in [0.25, 0.3) is 0 Å². The van der Waals surface area contributed by atoms with E-state index in [1.54, 1.807) is 32.9 Å². The number of Topliss-reactive ketones (excluding diaryl/α,β-unsaturated/α-hetero) is 1. The lowest BCUT2D eigenvalue weighted by Crippen LogP contribution is -2.38. The van der Waals surface area contributed by atoms with Gasteiger partial charge in [0.15, 0.2) is 5.78 Å². The summed E-state index contributed by atoms with van der Waals surface area (Å²) in [6, 6.07) is 7.05. The number of hydrogen-bond donors (Lipinski definition) is 1. The molecule has 0 radical (unpaired) electrons. The van der Waals surface area contributed by atoms with Crippen LogP contribution in [0.5, 0.6) is 0 Å². The molecule has 0 saturated carbocycles. The topological polar surface area (TPSA) is 81.7 Å². The van der Waals surface area contributed by atoms with E-state index in [0.717, 1.165) is 3.57 Å². The number of halogens is 1. The standard InChI is InChI=1S/C17H22INO5/c1-17(2,3)24-16(22)19-10-12(15(21)23-4)9-14(20)11-5-7-13(18)8-6-11/h5-8,12H,9-10H2,1-4H3,(H,19,22). The third kappa shape index (κ3) is 7.29. The van der Waals surface area contributed by atoms with E-state index in [0.29, 0.717) is 5.56 Å². The maximum Gasteiger partial charge on any atom is 0.407 e. The molecule has 7 heteroatoms. The fourth-order valence-corrected chi connectivity index (χ4v) is 2.26. The van der Waals surface area contributed by atoms with Crippen molar-refractivity contribution < 1.29 is 23.9 Å². The third-order valence-corrected chi connectivity index (χ3v) is 3.74. The Bertz CT molecular complexity index is 592. The number of ketones is 1. The first-order chi connectivity index (χ1) is 11.1. The van der Waals surface area contributed by atoms with Crippen LogP contribution in [0, 0.1) is 9.49 Å². The van der Waals surface area contributed by atoms with E-state index in [2.05, 4.69) is 27.9 Å². The second-order valence-electron chi connectivity index (χ2n) is 6.24. The maximum atomic E-state index is 12.3. The van der Waals surface area contributed by atoms with E-state index in [9.17, 15) is 14.4 Å². The highest BCUT2D eigenvalue weighted by molar-refractivity contribution is 14.1. The predicted molar refractivity (Wildman–Crippen MR) is 97.8 cm³/mol. The minimum absolute atomic E-state index is 0.0301. The van der Waals surface area contributed by atoms with Crippen molar-refractivity contribution in [1.82, 2.24) is 5.32 Å². The molecular formula is C17H22INO5. The number of esters is 1. The lowest BCUT2D eigenvalue weighted by Gasteiger charge is -2.21. The number of methoxy groups -OCH3 is 1. The van der Waals surface area contributed by atoms with Crippen molar-refractivity contribution in [3.05, 3.63) is 33.4 Å². The van der Waals surface area contributed by atoms with Crippen molar-refractivity contribution >= 4 is 40.4 Å². The molecule has 1 N–H and O–H groups in total. The van der Waals surface area contributed by atoms with E-state index in [1.165, 1.54) is 7.11 Å². The smallest absolute Gasteiger partial charge is 0.407 e. The Labute approximate surface area is 155 Å². The number of nitrogens with one attached hydrogen (secondary N) is 1. The fraction of sp³-hybridized carbons (Fsp3) is 0.471. The van der Waals surface area contributed by atoms with Crippen LogP contribution in [0.3, 0.4) is 0 Å². The molecule has 0 saturated heterocycles. The van der Waals surface area contributed by atoms with E-state index in [4.69, 9.17) is 9.47 Å². The highest BCUT2D eigenvalue weighted by Crippen LogP contribution is 2.14. The average Bonchev–Trinajstić information content (AvgIpc) is 2.49. The van der Waals surface area contributed by atoms with Gasteiger partial charge in [-0.05, 0) is 55.5 Å². The highest BCUT2D eigenvalue weighted by atomic mass is 127. The van der Waals surface area contributed by atoms with Gasteiger partial charge in [-0.1, -0.05) is 12.1 Å². The van der Waals surface area contributed by atoms with Gasteiger partial charge in [0, 0.05) is 22.1 Å². The van der Waals surface area contributed by atoms with Crippen LogP contribution in [-0.4, -0.2) is 37.1 Å². The molecule has 6 nitrogen and oxygen atoms in total. The van der Waals surface area contributed by atoms with Gasteiger partial charge < -0.3 is 14.8 Å². The molecule has 1 amide bonds. The second-order valence-corrected chi connectivity index (χ2v) is 7.48. The van der Waals surface area contributed by atoms with Gasteiger partial charge in [-0.25, -0.2) is 4.79 Å². The Balaban J connectivity index is 2.68. The SMILES string of the molecule is COC(=O)C(CNC(=O)OC(C)(C)C)CC(=O)c1ccc(I)cc1. The summed E-state index contributed by atoms with van der Waals surface area (Å²) < 4.78 is 10.8. The quantitative estimate of drug-likeness (QED) is 0.412. The largest absolute Gasteiger partial charge is 0.469 e. The van der Waals surface area contributed by atoms with Gasteiger partial charge in [-0.15, -0.1) is 0 Å². The predicted octanol–water partition coefficient (Wildman–Crippen LogP) is 3.18. The Morgan fingerprint density at radius 2 is 1.75 bits per heavy atom. The Kier molecular flexibility index (Phi) is 7.65. The highest BCUT2D eigenvalue weighted by Gasteiger charge is 2.25. The van der Waals surface area contributed by atoms with E-state index in [1.807, 2.05) is 12.1 Å². The lowest BCUT2D eigenvalue weighted by molar-refractivity contribution is -0.145. The van der Waals surface area contributed by atoms with Crippen molar-refractivity contribution in [3.63, 3.8) is 0 Å². The summed E-state index contributed by atoms with van der Waals surface area (Å²) in [6.45, 7) is 5.19. The zero-order chi connectivity index (χ0) is 18.3. The van der Waals surface area contributed by atoms with Crippen molar-refractivity contribution in [2.45, 2.75) is 32.8 Å². The minimum atomic E-state index is -0.769. The molecule has 24 heavy (non-hydrogen) atoms. The second kappa shape index (κ2) is 9.00. The van der Waals surface area contributed by atoms with Crippen molar-refractivity contribution in [2.24, 2.45) is 5.92 Å². The van der Waals surface area contributed by atoms with Crippen LogP contribution >= 0.6 is 22.6 Å². The Hall–Kier alpha value is -1.64. The van der Waals surface area contributed by atoms with Crippen LogP contribution < -0.4 is 5.32 Å². The van der Waals surface area contributed by atoms with E-state index < -0.39 is 23.6 Å². The summed E-state index contributed by atoms with van der Waals surface area (Å²) in [5.41, 5.74) is -0.122. The molecule has 1 aromatic carbocycles. The van der Waals surface area contributed by atoms with Crippen molar-refractivity contribution in [1.29, 1.82) is 0 Å². The monoisotopic (exact) mass is 447 g/mol. The van der Waals surface area contributed by atoms with Crippen LogP contribution in [-0.2, 0) is 14.3 Å². The third-order valence-electron chi connectivity index (χ3n) is 3.02. The molecule has 132 valence electrons. The van der Waals surface area contributed by atoms with Crippen LogP contribution in [0.15, 0.2) is 24.3 Å². The normalized spacial score (nSPS) is 12.2. The number of amides is 1. The Morgan fingerprint density at radius 3 is 2.25 bits per heavy atom. The molecule has 0 aliphatic rings. The lowest BCUT2D eigenvalue weighted by atomic mass is 9.98. The minimum Gasteiger partial charge on any atom is -0.469 e. The number of carbonyl (C=O) groups is 3. The molecule has 1 atom stereocenters. The summed E-state index contributed by atoms with van der Waals surface area (Å²) in [7, 11) is 1.25. The molecule has 0 bridgehead atoms. The van der Waals surface area contributed by atoms with Gasteiger partial charge in [0.1, 0.15) is 5.60 Å². The molecular weight excluding hydrogens is 425 g/mol. The zero-order valence-electron chi connectivity index (χ0n) is 14.2.